The lowest BCUT2D eigenvalue weighted by atomic mass is 10.1. The number of rotatable bonds is 0. The average molecular weight is 183 g/mol. The van der Waals surface area contributed by atoms with Crippen molar-refractivity contribution < 1.29 is 0 Å². The van der Waals surface area contributed by atoms with E-state index in [0.29, 0.717) is 11.4 Å². The minimum atomic E-state index is 0.360. The molecule has 2 rings (SSSR count). The van der Waals surface area contributed by atoms with Gasteiger partial charge in [-0.2, -0.15) is 5.26 Å². The maximum absolute atomic E-state index is 8.71. The first kappa shape index (κ1) is 8.52. The van der Waals surface area contributed by atoms with E-state index < -0.39 is 0 Å². The number of nitrogens with zero attached hydrogens (tertiary/aromatic N) is 2. The van der Waals surface area contributed by atoms with Gasteiger partial charge in [0, 0.05) is 11.1 Å². The molecule has 0 aliphatic heterocycles. The van der Waals surface area contributed by atoms with Crippen LogP contribution in [0, 0.1) is 18.3 Å². The molecular formula is C11H9N3. The number of pyridine rings is 1. The number of aromatic nitrogens is 1. The van der Waals surface area contributed by atoms with Gasteiger partial charge in [-0.3, -0.25) is 0 Å². The standard InChI is InChI=1S/C11H9N3/c1-7-2-3-11-9(4-7)10(13)5-8(6-12)14-11/h2-5H,1H3,(H2,13,14). The summed E-state index contributed by atoms with van der Waals surface area (Å²) in [6, 6.07) is 9.38. The van der Waals surface area contributed by atoms with Crippen molar-refractivity contribution in [3.8, 4) is 6.07 Å². The first-order chi connectivity index (χ1) is 6.70. The van der Waals surface area contributed by atoms with E-state index in [0.717, 1.165) is 16.5 Å². The number of hydrogen-bond donors (Lipinski definition) is 1. The molecule has 68 valence electrons. The van der Waals surface area contributed by atoms with E-state index in [1.165, 1.54) is 0 Å². The number of fused-ring (bicyclic) bond motifs is 1. The summed E-state index contributed by atoms with van der Waals surface area (Å²) in [5, 5.41) is 9.61. The zero-order valence-electron chi connectivity index (χ0n) is 7.78. The Bertz CT molecular complexity index is 538. The molecule has 0 saturated carbocycles. The van der Waals surface area contributed by atoms with Crippen LogP contribution in [0.1, 0.15) is 11.3 Å². The van der Waals surface area contributed by atoms with Crippen molar-refractivity contribution in [2.24, 2.45) is 0 Å². The van der Waals surface area contributed by atoms with Gasteiger partial charge in [-0.05, 0) is 25.1 Å². The quantitative estimate of drug-likeness (QED) is 0.679. The van der Waals surface area contributed by atoms with Crippen LogP contribution in [0.3, 0.4) is 0 Å². The van der Waals surface area contributed by atoms with Gasteiger partial charge >= 0.3 is 0 Å². The van der Waals surface area contributed by atoms with Gasteiger partial charge in [0.25, 0.3) is 0 Å². The number of nitriles is 1. The molecule has 0 radical (unpaired) electrons. The highest BCUT2D eigenvalue weighted by Crippen LogP contribution is 2.21. The van der Waals surface area contributed by atoms with Crippen molar-refractivity contribution in [3.05, 3.63) is 35.5 Å². The van der Waals surface area contributed by atoms with Gasteiger partial charge in [0.1, 0.15) is 11.8 Å². The minimum Gasteiger partial charge on any atom is -0.398 e. The molecule has 0 amide bonds. The Morgan fingerprint density at radius 1 is 1.36 bits per heavy atom. The van der Waals surface area contributed by atoms with Crippen molar-refractivity contribution in [2.45, 2.75) is 6.92 Å². The van der Waals surface area contributed by atoms with E-state index in [-0.39, 0.29) is 0 Å². The van der Waals surface area contributed by atoms with E-state index >= 15 is 0 Å². The van der Waals surface area contributed by atoms with Gasteiger partial charge in [0.05, 0.1) is 5.52 Å². The Labute approximate surface area is 81.8 Å². The number of nitrogens with two attached hydrogens (primary N) is 1. The van der Waals surface area contributed by atoms with Crippen molar-refractivity contribution in [2.75, 3.05) is 5.73 Å². The van der Waals surface area contributed by atoms with Crippen LogP contribution < -0.4 is 5.73 Å². The molecular weight excluding hydrogens is 174 g/mol. The van der Waals surface area contributed by atoms with Gasteiger partial charge in [-0.15, -0.1) is 0 Å². The van der Waals surface area contributed by atoms with Crippen LogP contribution in [-0.2, 0) is 0 Å². The second-order valence-corrected chi connectivity index (χ2v) is 3.23. The molecule has 1 aromatic carbocycles. The molecule has 0 spiro atoms. The highest BCUT2D eigenvalue weighted by Gasteiger charge is 2.02. The summed E-state index contributed by atoms with van der Waals surface area (Å²) < 4.78 is 0. The van der Waals surface area contributed by atoms with Gasteiger partial charge in [0.2, 0.25) is 0 Å². The first-order valence-corrected chi connectivity index (χ1v) is 4.27. The lowest BCUT2D eigenvalue weighted by Gasteiger charge is -2.02. The fourth-order valence-corrected chi connectivity index (χ4v) is 1.42. The summed E-state index contributed by atoms with van der Waals surface area (Å²) in [5.41, 5.74) is 8.68. The largest absolute Gasteiger partial charge is 0.398 e. The van der Waals surface area contributed by atoms with Crippen molar-refractivity contribution in [1.82, 2.24) is 4.98 Å². The van der Waals surface area contributed by atoms with E-state index in [1.54, 1.807) is 6.07 Å². The van der Waals surface area contributed by atoms with Crippen LogP contribution in [0.25, 0.3) is 10.9 Å². The third-order valence-electron chi connectivity index (χ3n) is 2.11. The number of hydrogen-bond acceptors (Lipinski definition) is 3. The van der Waals surface area contributed by atoms with Crippen molar-refractivity contribution in [1.29, 1.82) is 5.26 Å². The third kappa shape index (κ3) is 1.27. The van der Waals surface area contributed by atoms with Crippen molar-refractivity contribution >= 4 is 16.6 Å². The maximum atomic E-state index is 8.71. The minimum absolute atomic E-state index is 0.360. The van der Waals surface area contributed by atoms with Crippen LogP contribution >= 0.6 is 0 Å². The Balaban J connectivity index is 2.84. The summed E-state index contributed by atoms with van der Waals surface area (Å²) in [4.78, 5) is 4.15. The Kier molecular flexibility index (Phi) is 1.83. The average Bonchev–Trinajstić information content (AvgIpc) is 2.19. The van der Waals surface area contributed by atoms with Crippen LogP contribution in [0.15, 0.2) is 24.3 Å². The van der Waals surface area contributed by atoms with Gasteiger partial charge in [0.15, 0.2) is 0 Å². The third-order valence-corrected chi connectivity index (χ3v) is 2.11. The van der Waals surface area contributed by atoms with E-state index in [2.05, 4.69) is 4.98 Å². The second-order valence-electron chi connectivity index (χ2n) is 3.23. The summed E-state index contributed by atoms with van der Waals surface area (Å²) in [7, 11) is 0. The van der Waals surface area contributed by atoms with Crippen LogP contribution in [-0.4, -0.2) is 4.98 Å². The lowest BCUT2D eigenvalue weighted by molar-refractivity contribution is 1.32. The summed E-state index contributed by atoms with van der Waals surface area (Å²) in [5.74, 6) is 0. The molecule has 2 aromatic rings. The lowest BCUT2D eigenvalue weighted by Crippen LogP contribution is -1.92. The number of aryl methyl sites for hydroxylation is 1. The summed E-state index contributed by atoms with van der Waals surface area (Å²) >= 11 is 0. The molecule has 0 fully saturated rings. The predicted octanol–water partition coefficient (Wildman–Crippen LogP) is 2.00. The second kappa shape index (κ2) is 3.00. The van der Waals surface area contributed by atoms with E-state index in [1.807, 2.05) is 31.2 Å². The normalized spacial score (nSPS) is 10.0. The molecule has 2 N–H and O–H groups in total. The molecule has 0 atom stereocenters. The van der Waals surface area contributed by atoms with E-state index in [9.17, 15) is 0 Å². The van der Waals surface area contributed by atoms with Crippen molar-refractivity contribution in [3.63, 3.8) is 0 Å². The molecule has 0 aliphatic carbocycles. The molecule has 1 aromatic heterocycles. The molecule has 14 heavy (non-hydrogen) atoms. The van der Waals surface area contributed by atoms with Gasteiger partial charge in [-0.25, -0.2) is 4.98 Å². The first-order valence-electron chi connectivity index (χ1n) is 4.27. The molecule has 0 bridgehead atoms. The zero-order valence-corrected chi connectivity index (χ0v) is 7.78. The van der Waals surface area contributed by atoms with Crippen LogP contribution in [0.2, 0.25) is 0 Å². The van der Waals surface area contributed by atoms with E-state index in [4.69, 9.17) is 11.0 Å². The van der Waals surface area contributed by atoms with Crippen LogP contribution in [0.4, 0.5) is 5.69 Å². The SMILES string of the molecule is Cc1ccc2nc(C#N)cc(N)c2c1. The molecule has 3 heteroatoms. The molecule has 1 heterocycles. The van der Waals surface area contributed by atoms with Gasteiger partial charge in [-0.1, -0.05) is 11.6 Å². The topological polar surface area (TPSA) is 62.7 Å². The summed E-state index contributed by atoms with van der Waals surface area (Å²) in [6.07, 6.45) is 0. The molecule has 3 nitrogen and oxygen atoms in total. The predicted molar refractivity (Wildman–Crippen MR) is 55.6 cm³/mol. The van der Waals surface area contributed by atoms with Gasteiger partial charge < -0.3 is 5.73 Å². The van der Waals surface area contributed by atoms with Crippen LogP contribution in [0.5, 0.6) is 0 Å². The Hall–Kier alpha value is -2.08. The summed E-state index contributed by atoms with van der Waals surface area (Å²) in [6.45, 7) is 2.00. The Morgan fingerprint density at radius 2 is 2.14 bits per heavy atom. The highest BCUT2D eigenvalue weighted by atomic mass is 14.7. The monoisotopic (exact) mass is 183 g/mol. The molecule has 0 unspecified atom stereocenters. The fraction of sp³-hybridized carbons (Fsp3) is 0.0909. The smallest absolute Gasteiger partial charge is 0.143 e. The number of anilines is 1. The molecule has 0 aliphatic rings. The maximum Gasteiger partial charge on any atom is 0.143 e. The highest BCUT2D eigenvalue weighted by molar-refractivity contribution is 5.91. The number of benzene rings is 1. The Morgan fingerprint density at radius 3 is 2.86 bits per heavy atom. The molecule has 0 saturated heterocycles. The number of nitrogen functional groups attached to an aromatic ring is 1. The zero-order chi connectivity index (χ0) is 10.1. The fourth-order valence-electron chi connectivity index (χ4n) is 1.42.